The molecule has 11 heteroatoms. The predicted molar refractivity (Wildman–Crippen MR) is 106 cm³/mol. The van der Waals surface area contributed by atoms with Crippen LogP contribution in [0.2, 0.25) is 0 Å². The third-order valence-electron chi connectivity index (χ3n) is 4.80. The molecule has 0 aromatic heterocycles. The lowest BCUT2D eigenvalue weighted by Crippen LogP contribution is -2.45. The number of amides is 1. The summed E-state index contributed by atoms with van der Waals surface area (Å²) in [6.07, 6.45) is 1.09. The van der Waals surface area contributed by atoms with E-state index in [2.05, 4.69) is 0 Å². The maximum absolute atomic E-state index is 12.2. The van der Waals surface area contributed by atoms with Gasteiger partial charge in [-0.05, 0) is 12.3 Å². The highest BCUT2D eigenvalue weighted by atomic mass is 16.7. The van der Waals surface area contributed by atoms with Crippen molar-refractivity contribution in [1.29, 1.82) is 0 Å². The summed E-state index contributed by atoms with van der Waals surface area (Å²) in [5.41, 5.74) is 11.5. The third kappa shape index (κ3) is 6.28. The number of hydrogen-bond donors (Lipinski definition) is 2. The van der Waals surface area contributed by atoms with E-state index >= 15 is 0 Å². The van der Waals surface area contributed by atoms with E-state index in [-0.39, 0.29) is 12.5 Å². The molecule has 31 heavy (non-hydrogen) atoms. The number of nitrogens with zero attached hydrogens (tertiary/aromatic N) is 1. The largest absolute Gasteiger partial charge is 0.462 e. The average Bonchev–Trinajstić information content (AvgIpc) is 3.01. The number of hydrogen-bond acceptors (Lipinski definition) is 10. The van der Waals surface area contributed by atoms with Crippen LogP contribution in [0.4, 0.5) is 0 Å². The summed E-state index contributed by atoms with van der Waals surface area (Å²) in [4.78, 5) is 48.6. The summed E-state index contributed by atoms with van der Waals surface area (Å²) >= 11 is 0. The Morgan fingerprint density at radius 3 is 2.32 bits per heavy atom. The first-order valence-corrected chi connectivity index (χ1v) is 9.88. The van der Waals surface area contributed by atoms with Crippen molar-refractivity contribution in [2.75, 3.05) is 6.61 Å². The van der Waals surface area contributed by atoms with Gasteiger partial charge in [0.05, 0.1) is 0 Å². The average molecular weight is 439 g/mol. The molecule has 0 aromatic carbocycles. The second-order valence-electron chi connectivity index (χ2n) is 7.67. The minimum atomic E-state index is -1.06. The topological polar surface area (TPSA) is 160 Å². The summed E-state index contributed by atoms with van der Waals surface area (Å²) in [6, 6.07) is -0.834. The molecule has 0 aliphatic carbocycles. The van der Waals surface area contributed by atoms with Crippen LogP contribution < -0.4 is 11.5 Å². The lowest BCUT2D eigenvalue weighted by atomic mass is 10.1. The highest BCUT2D eigenvalue weighted by Gasteiger charge is 2.51. The highest BCUT2D eigenvalue weighted by molar-refractivity contribution is 5.92. The van der Waals surface area contributed by atoms with Crippen molar-refractivity contribution in [3.63, 3.8) is 0 Å². The van der Waals surface area contributed by atoms with Crippen molar-refractivity contribution in [3.05, 3.63) is 24.0 Å². The van der Waals surface area contributed by atoms with Gasteiger partial charge in [-0.1, -0.05) is 19.9 Å². The lowest BCUT2D eigenvalue weighted by Gasteiger charge is -2.30. The van der Waals surface area contributed by atoms with Crippen LogP contribution in [0.15, 0.2) is 24.0 Å². The molecule has 1 saturated heterocycles. The van der Waals surface area contributed by atoms with Crippen LogP contribution >= 0.6 is 0 Å². The molecule has 11 nitrogen and oxygen atoms in total. The van der Waals surface area contributed by atoms with Crippen LogP contribution in [0.3, 0.4) is 0 Å². The van der Waals surface area contributed by atoms with E-state index in [0.29, 0.717) is 12.0 Å². The number of nitrogens with two attached hydrogens (primary N) is 2. The number of ether oxygens (including phenoxy) is 4. The van der Waals surface area contributed by atoms with E-state index in [1.807, 2.05) is 0 Å². The summed E-state index contributed by atoms with van der Waals surface area (Å²) in [7, 11) is 0. The van der Waals surface area contributed by atoms with Gasteiger partial charge in [0.1, 0.15) is 18.8 Å². The van der Waals surface area contributed by atoms with Gasteiger partial charge >= 0.3 is 17.9 Å². The molecule has 1 fully saturated rings. The van der Waals surface area contributed by atoms with Gasteiger partial charge in [-0.3, -0.25) is 19.2 Å². The number of carbonyl (C=O) groups is 4. The molecule has 2 rings (SSSR count). The van der Waals surface area contributed by atoms with Crippen molar-refractivity contribution in [2.24, 2.45) is 17.4 Å². The third-order valence-corrected chi connectivity index (χ3v) is 4.80. The van der Waals surface area contributed by atoms with Gasteiger partial charge in [0.2, 0.25) is 5.91 Å². The molecule has 172 valence electrons. The molecule has 0 spiro atoms. The van der Waals surface area contributed by atoms with Gasteiger partial charge in [0.25, 0.3) is 0 Å². The van der Waals surface area contributed by atoms with Crippen molar-refractivity contribution >= 4 is 23.8 Å². The molecule has 0 aromatic rings. The van der Waals surface area contributed by atoms with Crippen molar-refractivity contribution in [3.8, 4) is 0 Å². The maximum atomic E-state index is 12.2. The first-order chi connectivity index (χ1) is 14.5. The van der Waals surface area contributed by atoms with Crippen molar-refractivity contribution < 1.29 is 38.1 Å². The highest BCUT2D eigenvalue weighted by Crippen LogP contribution is 2.32. The molecule has 0 radical (unpaired) electrons. The Morgan fingerprint density at radius 1 is 1.16 bits per heavy atom. The zero-order valence-electron chi connectivity index (χ0n) is 18.0. The lowest BCUT2D eigenvalue weighted by molar-refractivity contribution is -0.167. The van der Waals surface area contributed by atoms with Gasteiger partial charge in [0.15, 0.2) is 18.4 Å². The van der Waals surface area contributed by atoms with Gasteiger partial charge in [-0.15, -0.1) is 0 Å². The van der Waals surface area contributed by atoms with Gasteiger partial charge in [0, 0.05) is 31.8 Å². The number of carbonyl (C=O) groups excluding carboxylic acids is 4. The molecule has 2 heterocycles. The van der Waals surface area contributed by atoms with E-state index in [1.165, 1.54) is 24.9 Å². The molecule has 0 unspecified atom stereocenters. The normalized spacial score (nSPS) is 26.3. The number of esters is 3. The monoisotopic (exact) mass is 439 g/mol. The molecule has 0 saturated carbocycles. The van der Waals surface area contributed by atoms with E-state index < -0.39 is 54.4 Å². The molecule has 1 amide bonds. The molecule has 2 aliphatic rings. The second-order valence-corrected chi connectivity index (χ2v) is 7.67. The molecule has 0 bridgehead atoms. The Morgan fingerprint density at radius 2 is 1.77 bits per heavy atom. The number of primary amides is 1. The second kappa shape index (κ2) is 10.4. The fourth-order valence-electron chi connectivity index (χ4n) is 3.17. The minimum Gasteiger partial charge on any atom is -0.462 e. The Hall–Kier alpha value is -2.92. The fourth-order valence-corrected chi connectivity index (χ4v) is 3.17. The smallest absolute Gasteiger partial charge is 0.323 e. The predicted octanol–water partition coefficient (Wildman–Crippen LogP) is -0.310. The summed E-state index contributed by atoms with van der Waals surface area (Å²) in [6.45, 7) is 5.67. The summed E-state index contributed by atoms with van der Waals surface area (Å²) < 4.78 is 21.9. The first-order valence-electron chi connectivity index (χ1n) is 9.88. The van der Waals surface area contributed by atoms with Gasteiger partial charge in [-0.25, -0.2) is 0 Å². The SMILES string of the molecule is CC(=O)O[C@@H]1[C@H](OC(C)=O)[C@@H](COC(=O)[C@@H](N)C(C)C)O[C@H]1N1C=CCC(C(N)=O)=C1. The Balaban J connectivity index is 2.28. The number of allylic oxidation sites excluding steroid dienone is 1. The van der Waals surface area contributed by atoms with Crippen LogP contribution in [0.1, 0.15) is 34.1 Å². The zero-order chi connectivity index (χ0) is 23.3. The van der Waals surface area contributed by atoms with E-state index in [1.54, 1.807) is 26.1 Å². The molecule has 4 N–H and O–H groups in total. The van der Waals surface area contributed by atoms with E-state index in [0.717, 1.165) is 0 Å². The van der Waals surface area contributed by atoms with Crippen LogP contribution in [-0.2, 0) is 38.1 Å². The van der Waals surface area contributed by atoms with Crippen LogP contribution in [0.25, 0.3) is 0 Å². The molecule has 2 aliphatic heterocycles. The minimum absolute atomic E-state index is 0.140. The van der Waals surface area contributed by atoms with Crippen molar-refractivity contribution in [1.82, 2.24) is 4.90 Å². The quantitative estimate of drug-likeness (QED) is 0.379. The van der Waals surface area contributed by atoms with Crippen LogP contribution in [0.5, 0.6) is 0 Å². The molecular formula is C20H29N3O8. The summed E-state index contributed by atoms with van der Waals surface area (Å²) in [5, 5.41) is 0. The van der Waals surface area contributed by atoms with Crippen molar-refractivity contribution in [2.45, 2.75) is 64.7 Å². The Bertz CT molecular complexity index is 778. The van der Waals surface area contributed by atoms with Crippen LogP contribution in [-0.4, -0.2) is 65.9 Å². The van der Waals surface area contributed by atoms with Crippen LogP contribution in [0, 0.1) is 5.92 Å². The Kier molecular flexibility index (Phi) is 8.17. The van der Waals surface area contributed by atoms with Gasteiger partial charge < -0.3 is 35.3 Å². The summed E-state index contributed by atoms with van der Waals surface area (Å²) in [5.74, 6) is -2.65. The Labute approximate surface area is 180 Å². The fraction of sp³-hybridized carbons (Fsp3) is 0.600. The number of rotatable bonds is 8. The molecule has 5 atom stereocenters. The van der Waals surface area contributed by atoms with E-state index in [4.69, 9.17) is 30.4 Å². The van der Waals surface area contributed by atoms with Gasteiger partial charge in [-0.2, -0.15) is 0 Å². The molecular weight excluding hydrogens is 410 g/mol. The van der Waals surface area contributed by atoms with E-state index in [9.17, 15) is 19.2 Å². The maximum Gasteiger partial charge on any atom is 0.323 e. The standard InChI is InChI=1S/C20H29N3O8/c1-10(2)15(21)20(27)28-9-14-16(29-11(3)24)17(30-12(4)25)19(31-14)23-7-5-6-13(8-23)18(22)26/h5,7-8,10,14-17,19H,6,9,21H2,1-4H3,(H2,22,26)/t14-,15+,16-,17-,19-/m1/s1. The zero-order valence-corrected chi connectivity index (χ0v) is 18.0. The first kappa shape index (κ1) is 24.4.